The van der Waals surface area contributed by atoms with Crippen molar-refractivity contribution in [1.29, 1.82) is 5.26 Å². The molecule has 0 aromatic carbocycles. The maximum atomic E-state index is 11.9. The number of hydrogen-bond donors (Lipinski definition) is 1. The van der Waals surface area contributed by atoms with Crippen molar-refractivity contribution in [2.24, 2.45) is 5.41 Å². The SMILES string of the molecule is Cc1ccc(C(=O)O)c(=O)n1CCC(C)(C)C#N. The second kappa shape index (κ2) is 5.05. The van der Waals surface area contributed by atoms with Gasteiger partial charge in [0.25, 0.3) is 5.56 Å². The second-order valence-electron chi connectivity index (χ2n) is 4.90. The highest BCUT2D eigenvalue weighted by atomic mass is 16.4. The van der Waals surface area contributed by atoms with Crippen LogP contribution in [0, 0.1) is 23.7 Å². The van der Waals surface area contributed by atoms with Gasteiger partial charge < -0.3 is 9.67 Å². The van der Waals surface area contributed by atoms with Crippen LogP contribution in [0.4, 0.5) is 0 Å². The third-order valence-corrected chi connectivity index (χ3v) is 2.89. The van der Waals surface area contributed by atoms with Crippen molar-refractivity contribution in [1.82, 2.24) is 4.57 Å². The molecule has 5 heteroatoms. The minimum atomic E-state index is -1.23. The summed E-state index contributed by atoms with van der Waals surface area (Å²) in [5, 5.41) is 17.8. The van der Waals surface area contributed by atoms with Gasteiger partial charge in [0.1, 0.15) is 5.56 Å². The van der Waals surface area contributed by atoms with Crippen LogP contribution in [-0.4, -0.2) is 15.6 Å². The molecule has 5 nitrogen and oxygen atoms in total. The molecule has 0 fully saturated rings. The Balaban J connectivity index is 3.11. The Kier molecular flexibility index (Phi) is 3.92. The summed E-state index contributed by atoms with van der Waals surface area (Å²) in [7, 11) is 0. The molecular formula is C13H16N2O3. The van der Waals surface area contributed by atoms with Gasteiger partial charge >= 0.3 is 5.97 Å². The van der Waals surface area contributed by atoms with Crippen LogP contribution in [0.1, 0.15) is 36.3 Å². The smallest absolute Gasteiger partial charge is 0.341 e. The van der Waals surface area contributed by atoms with Gasteiger partial charge in [-0.25, -0.2) is 4.79 Å². The van der Waals surface area contributed by atoms with E-state index in [2.05, 4.69) is 6.07 Å². The maximum absolute atomic E-state index is 11.9. The van der Waals surface area contributed by atoms with Crippen LogP contribution < -0.4 is 5.56 Å². The van der Waals surface area contributed by atoms with Crippen LogP contribution in [0.5, 0.6) is 0 Å². The monoisotopic (exact) mass is 248 g/mol. The number of carboxylic acids is 1. The Morgan fingerprint density at radius 2 is 2.11 bits per heavy atom. The lowest BCUT2D eigenvalue weighted by atomic mass is 9.91. The van der Waals surface area contributed by atoms with E-state index in [4.69, 9.17) is 10.4 Å². The summed E-state index contributed by atoms with van der Waals surface area (Å²) in [4.78, 5) is 22.8. The summed E-state index contributed by atoms with van der Waals surface area (Å²) >= 11 is 0. The van der Waals surface area contributed by atoms with Gasteiger partial charge in [-0.05, 0) is 39.3 Å². The molecule has 0 amide bonds. The molecule has 1 aromatic heterocycles. The Hall–Kier alpha value is -2.09. The Morgan fingerprint density at radius 1 is 1.50 bits per heavy atom. The lowest BCUT2D eigenvalue weighted by Gasteiger charge is -2.17. The van der Waals surface area contributed by atoms with Crippen LogP contribution >= 0.6 is 0 Å². The predicted molar refractivity (Wildman–Crippen MR) is 66.4 cm³/mol. The normalized spacial score (nSPS) is 11.0. The molecule has 0 saturated heterocycles. The lowest BCUT2D eigenvalue weighted by Crippen LogP contribution is -2.29. The first-order chi connectivity index (χ1) is 8.28. The number of carboxylic acid groups (broad SMARTS) is 1. The van der Waals surface area contributed by atoms with Crippen molar-refractivity contribution >= 4 is 5.97 Å². The molecule has 0 saturated carbocycles. The predicted octanol–water partition coefficient (Wildman–Crippen LogP) is 1.79. The van der Waals surface area contributed by atoms with Crippen molar-refractivity contribution in [2.75, 3.05) is 0 Å². The molecule has 0 atom stereocenters. The summed E-state index contributed by atoms with van der Waals surface area (Å²) in [5.74, 6) is -1.23. The zero-order valence-electron chi connectivity index (χ0n) is 10.7. The van der Waals surface area contributed by atoms with Gasteiger partial charge in [-0.1, -0.05) is 0 Å². The molecule has 0 spiro atoms. The molecule has 18 heavy (non-hydrogen) atoms. The fourth-order valence-electron chi connectivity index (χ4n) is 1.56. The maximum Gasteiger partial charge on any atom is 0.341 e. The number of aromatic nitrogens is 1. The summed E-state index contributed by atoms with van der Waals surface area (Å²) in [6, 6.07) is 5.07. The van der Waals surface area contributed by atoms with E-state index < -0.39 is 16.9 Å². The van der Waals surface area contributed by atoms with E-state index in [1.54, 1.807) is 26.8 Å². The molecule has 1 rings (SSSR count). The van der Waals surface area contributed by atoms with E-state index in [1.807, 2.05) is 0 Å². The highest BCUT2D eigenvalue weighted by Crippen LogP contribution is 2.19. The number of hydrogen-bond acceptors (Lipinski definition) is 3. The van der Waals surface area contributed by atoms with Gasteiger partial charge in [0.2, 0.25) is 0 Å². The van der Waals surface area contributed by atoms with Crippen LogP contribution in [-0.2, 0) is 6.54 Å². The highest BCUT2D eigenvalue weighted by molar-refractivity contribution is 5.87. The molecule has 1 N–H and O–H groups in total. The van der Waals surface area contributed by atoms with Crippen molar-refractivity contribution in [3.8, 4) is 6.07 Å². The highest BCUT2D eigenvalue weighted by Gasteiger charge is 2.18. The zero-order chi connectivity index (χ0) is 13.9. The fraction of sp³-hybridized carbons (Fsp3) is 0.462. The van der Waals surface area contributed by atoms with Gasteiger partial charge in [0.15, 0.2) is 0 Å². The molecular weight excluding hydrogens is 232 g/mol. The Morgan fingerprint density at radius 3 is 2.61 bits per heavy atom. The first-order valence-corrected chi connectivity index (χ1v) is 5.63. The standard InChI is InChI=1S/C13H16N2O3/c1-9-4-5-10(12(17)18)11(16)15(9)7-6-13(2,3)8-14/h4-5H,6-7H2,1-3H3,(H,17,18). The van der Waals surface area contributed by atoms with Crippen LogP contribution in [0.25, 0.3) is 0 Å². The van der Waals surface area contributed by atoms with Crippen LogP contribution in [0.3, 0.4) is 0 Å². The van der Waals surface area contributed by atoms with Gasteiger partial charge in [-0.3, -0.25) is 4.79 Å². The van der Waals surface area contributed by atoms with Crippen molar-refractivity contribution in [2.45, 2.75) is 33.7 Å². The quantitative estimate of drug-likeness (QED) is 0.880. The molecule has 0 aliphatic rings. The zero-order valence-corrected chi connectivity index (χ0v) is 10.7. The van der Waals surface area contributed by atoms with Gasteiger partial charge in [-0.2, -0.15) is 5.26 Å². The number of rotatable bonds is 4. The van der Waals surface area contributed by atoms with E-state index in [9.17, 15) is 9.59 Å². The minimum absolute atomic E-state index is 0.240. The molecule has 0 aliphatic carbocycles. The van der Waals surface area contributed by atoms with Crippen molar-refractivity contribution in [3.63, 3.8) is 0 Å². The Bertz CT molecular complexity index is 565. The molecule has 0 radical (unpaired) electrons. The topological polar surface area (TPSA) is 83.1 Å². The summed E-state index contributed by atoms with van der Waals surface area (Å²) in [5.41, 5.74) is -0.601. The number of nitriles is 1. The molecule has 1 heterocycles. The average Bonchev–Trinajstić information content (AvgIpc) is 2.28. The number of nitrogens with zero attached hydrogens (tertiary/aromatic N) is 2. The van der Waals surface area contributed by atoms with Crippen LogP contribution in [0.2, 0.25) is 0 Å². The van der Waals surface area contributed by atoms with E-state index in [0.717, 1.165) is 0 Å². The minimum Gasteiger partial charge on any atom is -0.477 e. The van der Waals surface area contributed by atoms with Crippen molar-refractivity contribution < 1.29 is 9.90 Å². The molecule has 1 aromatic rings. The third kappa shape index (κ3) is 2.98. The van der Waals surface area contributed by atoms with Gasteiger partial charge in [-0.15, -0.1) is 0 Å². The van der Waals surface area contributed by atoms with Gasteiger partial charge in [0.05, 0.1) is 11.5 Å². The molecule has 0 bridgehead atoms. The lowest BCUT2D eigenvalue weighted by molar-refractivity contribution is 0.0694. The van der Waals surface area contributed by atoms with E-state index in [-0.39, 0.29) is 5.56 Å². The average molecular weight is 248 g/mol. The summed E-state index contributed by atoms with van der Waals surface area (Å²) in [6.45, 7) is 5.65. The largest absolute Gasteiger partial charge is 0.477 e. The second-order valence-corrected chi connectivity index (χ2v) is 4.90. The summed E-state index contributed by atoms with van der Waals surface area (Å²) in [6.07, 6.45) is 0.493. The molecule has 96 valence electrons. The molecule has 0 unspecified atom stereocenters. The van der Waals surface area contributed by atoms with Gasteiger partial charge in [0, 0.05) is 12.2 Å². The molecule has 0 aliphatic heterocycles. The van der Waals surface area contributed by atoms with E-state index >= 15 is 0 Å². The first kappa shape index (κ1) is 14.0. The Labute approximate surface area is 105 Å². The van der Waals surface area contributed by atoms with E-state index in [0.29, 0.717) is 18.7 Å². The fourth-order valence-corrected chi connectivity index (χ4v) is 1.56. The number of pyridine rings is 1. The first-order valence-electron chi connectivity index (χ1n) is 5.63. The number of carbonyl (C=O) groups is 1. The number of aromatic carboxylic acids is 1. The van der Waals surface area contributed by atoms with E-state index in [1.165, 1.54) is 10.6 Å². The summed E-state index contributed by atoms with van der Waals surface area (Å²) < 4.78 is 1.41. The van der Waals surface area contributed by atoms with Crippen LogP contribution in [0.15, 0.2) is 16.9 Å². The number of aryl methyl sites for hydroxylation is 1. The van der Waals surface area contributed by atoms with Crippen molar-refractivity contribution in [3.05, 3.63) is 33.7 Å². The third-order valence-electron chi connectivity index (χ3n) is 2.89.